The molecular formula is C13H18O. The molecule has 0 aliphatic heterocycles. The molecule has 1 aromatic carbocycles. The van der Waals surface area contributed by atoms with Crippen LogP contribution in [0.5, 0.6) is 0 Å². The van der Waals surface area contributed by atoms with E-state index in [-0.39, 0.29) is 5.60 Å². The van der Waals surface area contributed by atoms with Crippen LogP contribution in [0.1, 0.15) is 44.1 Å². The topological polar surface area (TPSA) is 20.2 Å². The fourth-order valence-electron chi connectivity index (χ4n) is 2.17. The summed E-state index contributed by atoms with van der Waals surface area (Å²) in [6, 6.07) is 10.4. The molecule has 14 heavy (non-hydrogen) atoms. The minimum Gasteiger partial charge on any atom is -0.389 e. The minimum atomic E-state index is -0.378. The fraction of sp³-hybridized carbons (Fsp3) is 0.538. The van der Waals surface area contributed by atoms with E-state index in [4.69, 9.17) is 0 Å². The van der Waals surface area contributed by atoms with Gasteiger partial charge in [0.25, 0.3) is 0 Å². The van der Waals surface area contributed by atoms with Crippen molar-refractivity contribution in [3.63, 3.8) is 0 Å². The lowest BCUT2D eigenvalue weighted by atomic mass is 10.0. The van der Waals surface area contributed by atoms with Crippen LogP contribution in [-0.2, 0) is 0 Å². The van der Waals surface area contributed by atoms with Crippen molar-refractivity contribution >= 4 is 0 Å². The first kappa shape index (κ1) is 9.72. The van der Waals surface area contributed by atoms with Crippen LogP contribution in [0.2, 0.25) is 0 Å². The van der Waals surface area contributed by atoms with Crippen molar-refractivity contribution in [3.8, 4) is 0 Å². The zero-order valence-corrected chi connectivity index (χ0v) is 8.74. The van der Waals surface area contributed by atoms with Crippen LogP contribution in [0.4, 0.5) is 0 Å². The van der Waals surface area contributed by atoms with Crippen molar-refractivity contribution in [2.45, 2.75) is 44.1 Å². The molecular weight excluding hydrogens is 172 g/mol. The molecule has 1 aliphatic rings. The normalized spacial score (nSPS) is 30.3. The summed E-state index contributed by atoms with van der Waals surface area (Å²) in [5.74, 6) is 0.398. The first-order valence-corrected chi connectivity index (χ1v) is 5.53. The molecule has 0 bridgehead atoms. The van der Waals surface area contributed by atoms with Crippen molar-refractivity contribution in [1.82, 2.24) is 0 Å². The number of hydrogen-bond acceptors (Lipinski definition) is 1. The summed E-state index contributed by atoms with van der Waals surface area (Å²) in [6.45, 7) is 2.17. The maximum absolute atomic E-state index is 10.2. The van der Waals surface area contributed by atoms with E-state index in [1.165, 1.54) is 12.0 Å². The van der Waals surface area contributed by atoms with Crippen molar-refractivity contribution in [3.05, 3.63) is 35.9 Å². The number of unbranched alkanes of at least 4 members (excludes halogenated alkanes) is 1. The number of aliphatic hydroxyl groups is 1. The Morgan fingerprint density at radius 1 is 1.36 bits per heavy atom. The second-order valence-electron chi connectivity index (χ2n) is 4.37. The molecule has 0 spiro atoms. The maximum Gasteiger partial charge on any atom is 0.0724 e. The van der Waals surface area contributed by atoms with E-state index in [1.807, 2.05) is 18.2 Å². The highest BCUT2D eigenvalue weighted by Crippen LogP contribution is 2.54. The summed E-state index contributed by atoms with van der Waals surface area (Å²) < 4.78 is 0. The molecule has 1 fully saturated rings. The molecule has 0 saturated heterocycles. The fourth-order valence-corrected chi connectivity index (χ4v) is 2.17. The van der Waals surface area contributed by atoms with Gasteiger partial charge in [-0.1, -0.05) is 50.1 Å². The third kappa shape index (κ3) is 1.83. The van der Waals surface area contributed by atoms with Gasteiger partial charge in [0.1, 0.15) is 0 Å². The Labute approximate surface area is 85.8 Å². The van der Waals surface area contributed by atoms with Crippen LogP contribution in [0.3, 0.4) is 0 Å². The van der Waals surface area contributed by atoms with Gasteiger partial charge in [-0.2, -0.15) is 0 Å². The molecule has 1 aromatic rings. The SMILES string of the molecule is CCCC[C@]1(O)C[C@H]1c1ccccc1. The highest BCUT2D eigenvalue weighted by Gasteiger charge is 2.52. The highest BCUT2D eigenvalue weighted by molar-refractivity contribution is 5.30. The van der Waals surface area contributed by atoms with E-state index >= 15 is 0 Å². The largest absolute Gasteiger partial charge is 0.389 e. The van der Waals surface area contributed by atoms with E-state index < -0.39 is 0 Å². The molecule has 1 aliphatic carbocycles. The summed E-state index contributed by atoms with van der Waals surface area (Å²) >= 11 is 0. The smallest absolute Gasteiger partial charge is 0.0724 e. The van der Waals surface area contributed by atoms with Gasteiger partial charge in [0.05, 0.1) is 5.60 Å². The lowest BCUT2D eigenvalue weighted by molar-refractivity contribution is 0.130. The van der Waals surface area contributed by atoms with E-state index in [1.54, 1.807) is 0 Å². The van der Waals surface area contributed by atoms with Gasteiger partial charge in [0.2, 0.25) is 0 Å². The Kier molecular flexibility index (Phi) is 2.60. The Balaban J connectivity index is 1.98. The molecule has 1 heteroatoms. The van der Waals surface area contributed by atoms with Crippen LogP contribution >= 0.6 is 0 Å². The van der Waals surface area contributed by atoms with Gasteiger partial charge < -0.3 is 5.11 Å². The zero-order valence-electron chi connectivity index (χ0n) is 8.74. The van der Waals surface area contributed by atoms with Gasteiger partial charge in [-0.3, -0.25) is 0 Å². The molecule has 0 amide bonds. The molecule has 0 aromatic heterocycles. The Bertz CT molecular complexity index is 293. The van der Waals surface area contributed by atoms with E-state index in [0.717, 1.165) is 19.3 Å². The van der Waals surface area contributed by atoms with E-state index in [0.29, 0.717) is 5.92 Å². The van der Waals surface area contributed by atoms with Gasteiger partial charge in [0.15, 0.2) is 0 Å². The van der Waals surface area contributed by atoms with Gasteiger partial charge in [-0.25, -0.2) is 0 Å². The molecule has 76 valence electrons. The standard InChI is InChI=1S/C13H18O/c1-2-3-9-13(14)10-12(13)11-7-5-4-6-8-11/h4-8,12,14H,2-3,9-10H2,1H3/t12-,13-/m0/s1. The Morgan fingerprint density at radius 3 is 2.71 bits per heavy atom. The molecule has 2 atom stereocenters. The minimum absolute atomic E-state index is 0.378. The molecule has 1 N–H and O–H groups in total. The lowest BCUT2D eigenvalue weighted by Crippen LogP contribution is -2.09. The van der Waals surface area contributed by atoms with Crippen molar-refractivity contribution in [2.75, 3.05) is 0 Å². The number of rotatable bonds is 4. The average molecular weight is 190 g/mol. The summed E-state index contributed by atoms with van der Waals surface area (Å²) in [5.41, 5.74) is 0.920. The third-order valence-electron chi connectivity index (χ3n) is 3.21. The molecule has 0 heterocycles. The highest BCUT2D eigenvalue weighted by atomic mass is 16.3. The third-order valence-corrected chi connectivity index (χ3v) is 3.21. The number of hydrogen-bond donors (Lipinski definition) is 1. The molecule has 1 nitrogen and oxygen atoms in total. The van der Waals surface area contributed by atoms with Gasteiger partial charge in [0, 0.05) is 5.92 Å². The van der Waals surface area contributed by atoms with E-state index in [2.05, 4.69) is 19.1 Å². The van der Waals surface area contributed by atoms with Gasteiger partial charge in [-0.05, 0) is 18.4 Å². The van der Waals surface area contributed by atoms with Crippen molar-refractivity contribution in [1.29, 1.82) is 0 Å². The van der Waals surface area contributed by atoms with Crippen LogP contribution < -0.4 is 0 Å². The maximum atomic E-state index is 10.2. The summed E-state index contributed by atoms with van der Waals surface area (Å²) in [5, 5.41) is 10.2. The molecule has 1 saturated carbocycles. The van der Waals surface area contributed by atoms with E-state index in [9.17, 15) is 5.11 Å². The van der Waals surface area contributed by atoms with Gasteiger partial charge >= 0.3 is 0 Å². The predicted octanol–water partition coefficient (Wildman–Crippen LogP) is 3.10. The van der Waals surface area contributed by atoms with Crippen molar-refractivity contribution in [2.24, 2.45) is 0 Å². The van der Waals surface area contributed by atoms with Crippen LogP contribution in [-0.4, -0.2) is 10.7 Å². The van der Waals surface area contributed by atoms with Crippen LogP contribution in [0.25, 0.3) is 0 Å². The first-order valence-electron chi connectivity index (χ1n) is 5.53. The predicted molar refractivity (Wildman–Crippen MR) is 58.3 cm³/mol. The quantitative estimate of drug-likeness (QED) is 0.773. The second kappa shape index (κ2) is 3.74. The second-order valence-corrected chi connectivity index (χ2v) is 4.37. The molecule has 0 radical (unpaired) electrons. The van der Waals surface area contributed by atoms with Crippen LogP contribution in [0, 0.1) is 0 Å². The first-order chi connectivity index (χ1) is 6.76. The zero-order chi connectivity index (χ0) is 10.0. The van der Waals surface area contributed by atoms with Crippen molar-refractivity contribution < 1.29 is 5.11 Å². The number of benzene rings is 1. The summed E-state index contributed by atoms with van der Waals surface area (Å²) in [4.78, 5) is 0. The van der Waals surface area contributed by atoms with Crippen LogP contribution in [0.15, 0.2) is 30.3 Å². The Morgan fingerprint density at radius 2 is 2.07 bits per heavy atom. The lowest BCUT2D eigenvalue weighted by Gasteiger charge is -2.09. The summed E-state index contributed by atoms with van der Waals surface area (Å²) in [7, 11) is 0. The Hall–Kier alpha value is -0.820. The molecule has 0 unspecified atom stereocenters. The summed E-state index contributed by atoms with van der Waals surface area (Å²) in [6.07, 6.45) is 4.23. The molecule has 2 rings (SSSR count). The monoisotopic (exact) mass is 190 g/mol. The average Bonchev–Trinajstić information content (AvgIpc) is 2.90. The van der Waals surface area contributed by atoms with Gasteiger partial charge in [-0.15, -0.1) is 0 Å².